The maximum Gasteiger partial charge on any atom is 0.287 e. The van der Waals surface area contributed by atoms with Gasteiger partial charge in [0, 0.05) is 22.4 Å². The van der Waals surface area contributed by atoms with Crippen molar-refractivity contribution in [2.24, 2.45) is 0 Å². The van der Waals surface area contributed by atoms with Gasteiger partial charge in [-0.25, -0.2) is 0 Å². The highest BCUT2D eigenvalue weighted by Gasteiger charge is 2.22. The van der Waals surface area contributed by atoms with Crippen LogP contribution in [0.5, 0.6) is 0 Å². The summed E-state index contributed by atoms with van der Waals surface area (Å²) in [5.74, 6) is -0.0470. The van der Waals surface area contributed by atoms with Gasteiger partial charge in [-0.1, -0.05) is 29.8 Å². The number of nitrogens with one attached hydrogen (secondary N) is 1. The minimum Gasteiger partial charge on any atom is -0.449 e. The zero-order valence-electron chi connectivity index (χ0n) is 12.5. The Labute approximate surface area is 142 Å². The zero-order valence-corrected chi connectivity index (χ0v) is 14.1. The SMILES string of the molecule is Cc1c(C(=O)NC(CCO)c2cccs2)oc2c(Cl)cccc12. The quantitative estimate of drug-likeness (QED) is 0.721. The number of hydrogen-bond donors (Lipinski definition) is 2. The number of carbonyl (C=O) groups excluding carboxylic acids is 1. The summed E-state index contributed by atoms with van der Waals surface area (Å²) in [6, 6.07) is 9.05. The summed E-state index contributed by atoms with van der Waals surface area (Å²) in [4.78, 5) is 13.6. The molecule has 1 aromatic carbocycles. The number of aryl methyl sites for hydroxylation is 1. The predicted molar refractivity (Wildman–Crippen MR) is 92.2 cm³/mol. The average molecular weight is 350 g/mol. The fraction of sp³-hybridized carbons (Fsp3) is 0.235. The van der Waals surface area contributed by atoms with E-state index < -0.39 is 0 Å². The van der Waals surface area contributed by atoms with E-state index in [1.807, 2.05) is 36.6 Å². The summed E-state index contributed by atoms with van der Waals surface area (Å²) in [5, 5.41) is 15.4. The topological polar surface area (TPSA) is 62.5 Å². The van der Waals surface area contributed by atoms with E-state index in [9.17, 15) is 9.90 Å². The summed E-state index contributed by atoms with van der Waals surface area (Å²) in [5.41, 5.74) is 1.28. The van der Waals surface area contributed by atoms with Crippen LogP contribution in [0.1, 0.15) is 33.5 Å². The van der Waals surface area contributed by atoms with Crippen LogP contribution in [0.2, 0.25) is 5.02 Å². The molecule has 0 saturated heterocycles. The largest absolute Gasteiger partial charge is 0.449 e. The van der Waals surface area contributed by atoms with Gasteiger partial charge >= 0.3 is 0 Å². The van der Waals surface area contributed by atoms with E-state index >= 15 is 0 Å². The van der Waals surface area contributed by atoms with Crippen molar-refractivity contribution in [1.82, 2.24) is 5.32 Å². The Kier molecular flexibility index (Phi) is 4.71. The Hall–Kier alpha value is -1.82. The second kappa shape index (κ2) is 6.74. The van der Waals surface area contributed by atoms with Crippen molar-refractivity contribution in [2.75, 3.05) is 6.61 Å². The van der Waals surface area contributed by atoms with Crippen molar-refractivity contribution < 1.29 is 14.3 Å². The number of benzene rings is 1. The van der Waals surface area contributed by atoms with Crippen LogP contribution in [-0.4, -0.2) is 17.6 Å². The van der Waals surface area contributed by atoms with Crippen molar-refractivity contribution in [3.63, 3.8) is 0 Å². The highest BCUT2D eigenvalue weighted by molar-refractivity contribution is 7.10. The number of hydrogen-bond acceptors (Lipinski definition) is 4. The molecule has 0 spiro atoms. The van der Waals surface area contributed by atoms with Crippen LogP contribution in [-0.2, 0) is 0 Å². The number of thiophene rings is 1. The summed E-state index contributed by atoms with van der Waals surface area (Å²) >= 11 is 7.67. The third-order valence-electron chi connectivity index (χ3n) is 3.73. The molecule has 0 aliphatic carbocycles. The Bertz CT molecular complexity index is 826. The lowest BCUT2D eigenvalue weighted by Gasteiger charge is -2.15. The van der Waals surface area contributed by atoms with Crippen LogP contribution < -0.4 is 5.32 Å². The second-order valence-electron chi connectivity index (χ2n) is 5.23. The highest BCUT2D eigenvalue weighted by atomic mass is 35.5. The lowest BCUT2D eigenvalue weighted by Crippen LogP contribution is -2.28. The van der Waals surface area contributed by atoms with Gasteiger partial charge in [-0.05, 0) is 30.9 Å². The molecule has 0 radical (unpaired) electrons. The first-order chi connectivity index (χ1) is 11.1. The summed E-state index contributed by atoms with van der Waals surface area (Å²) < 4.78 is 5.68. The first-order valence-electron chi connectivity index (χ1n) is 7.24. The number of rotatable bonds is 5. The Morgan fingerprint density at radius 2 is 2.22 bits per heavy atom. The van der Waals surface area contributed by atoms with E-state index in [0.29, 0.717) is 17.0 Å². The molecule has 1 amide bonds. The van der Waals surface area contributed by atoms with Gasteiger partial charge in [0.2, 0.25) is 0 Å². The van der Waals surface area contributed by atoms with E-state index in [0.717, 1.165) is 15.8 Å². The minimum atomic E-state index is -0.304. The summed E-state index contributed by atoms with van der Waals surface area (Å²) in [6.07, 6.45) is 0.451. The van der Waals surface area contributed by atoms with Crippen LogP contribution in [0.25, 0.3) is 11.0 Å². The van der Waals surface area contributed by atoms with Crippen molar-refractivity contribution >= 4 is 39.8 Å². The molecule has 3 rings (SSSR count). The van der Waals surface area contributed by atoms with Crippen LogP contribution in [0.3, 0.4) is 0 Å². The van der Waals surface area contributed by atoms with Gasteiger partial charge in [-0.3, -0.25) is 4.79 Å². The van der Waals surface area contributed by atoms with E-state index in [4.69, 9.17) is 16.0 Å². The van der Waals surface area contributed by atoms with Crippen LogP contribution in [0, 0.1) is 6.92 Å². The molecule has 4 nitrogen and oxygen atoms in total. The van der Waals surface area contributed by atoms with E-state index in [1.54, 1.807) is 17.4 Å². The van der Waals surface area contributed by atoms with E-state index in [2.05, 4.69) is 5.32 Å². The molecule has 1 unspecified atom stereocenters. The number of amides is 1. The number of fused-ring (bicyclic) bond motifs is 1. The number of carbonyl (C=O) groups is 1. The second-order valence-corrected chi connectivity index (χ2v) is 6.61. The van der Waals surface area contributed by atoms with Crippen molar-refractivity contribution in [1.29, 1.82) is 0 Å². The van der Waals surface area contributed by atoms with Gasteiger partial charge < -0.3 is 14.8 Å². The van der Waals surface area contributed by atoms with Crippen LogP contribution >= 0.6 is 22.9 Å². The van der Waals surface area contributed by atoms with Gasteiger partial charge in [-0.15, -0.1) is 11.3 Å². The molecule has 0 aliphatic heterocycles. The van der Waals surface area contributed by atoms with Crippen molar-refractivity contribution in [3.05, 3.63) is 56.9 Å². The van der Waals surface area contributed by atoms with Crippen LogP contribution in [0.4, 0.5) is 0 Å². The smallest absolute Gasteiger partial charge is 0.287 e. The van der Waals surface area contributed by atoms with Gasteiger partial charge in [-0.2, -0.15) is 0 Å². The van der Waals surface area contributed by atoms with Gasteiger partial charge in [0.25, 0.3) is 5.91 Å². The maximum absolute atomic E-state index is 12.6. The monoisotopic (exact) mass is 349 g/mol. The molecule has 0 bridgehead atoms. The third-order valence-corrected chi connectivity index (χ3v) is 5.02. The minimum absolute atomic E-state index is 0.00616. The van der Waals surface area contributed by atoms with Crippen molar-refractivity contribution in [3.8, 4) is 0 Å². The standard InChI is InChI=1S/C17H16ClNO3S/c1-10-11-4-2-5-12(18)16(11)22-15(10)17(21)19-13(7-8-20)14-6-3-9-23-14/h2-6,9,13,20H,7-8H2,1H3,(H,19,21). The van der Waals surface area contributed by atoms with Gasteiger partial charge in [0.05, 0.1) is 11.1 Å². The number of aliphatic hydroxyl groups is 1. The predicted octanol–water partition coefficient (Wildman–Crippen LogP) is 4.31. The third kappa shape index (κ3) is 3.13. The van der Waals surface area contributed by atoms with Gasteiger partial charge in [0.1, 0.15) is 0 Å². The first-order valence-corrected chi connectivity index (χ1v) is 8.50. The summed E-state index contributed by atoms with van der Waals surface area (Å²) in [7, 11) is 0. The molecule has 0 fully saturated rings. The molecule has 120 valence electrons. The van der Waals surface area contributed by atoms with Crippen molar-refractivity contribution in [2.45, 2.75) is 19.4 Å². The Morgan fingerprint density at radius 1 is 1.39 bits per heavy atom. The number of halogens is 1. The average Bonchev–Trinajstić information content (AvgIpc) is 3.16. The van der Waals surface area contributed by atoms with E-state index in [1.165, 1.54) is 0 Å². The molecule has 6 heteroatoms. The molecule has 2 heterocycles. The molecule has 2 N–H and O–H groups in total. The lowest BCUT2D eigenvalue weighted by atomic mass is 10.1. The maximum atomic E-state index is 12.6. The molecule has 1 atom stereocenters. The zero-order chi connectivity index (χ0) is 16.4. The molecule has 23 heavy (non-hydrogen) atoms. The molecular weight excluding hydrogens is 334 g/mol. The molecule has 0 aliphatic rings. The van der Waals surface area contributed by atoms with Gasteiger partial charge in [0.15, 0.2) is 11.3 Å². The highest BCUT2D eigenvalue weighted by Crippen LogP contribution is 2.31. The molecular formula is C17H16ClNO3S. The van der Waals surface area contributed by atoms with Crippen LogP contribution in [0.15, 0.2) is 40.1 Å². The number of para-hydroxylation sites is 1. The number of aliphatic hydroxyl groups excluding tert-OH is 1. The lowest BCUT2D eigenvalue weighted by molar-refractivity contribution is 0.0904. The first kappa shape index (κ1) is 16.1. The molecule has 3 aromatic rings. The number of furan rings is 1. The Morgan fingerprint density at radius 3 is 2.87 bits per heavy atom. The van der Waals surface area contributed by atoms with E-state index in [-0.39, 0.29) is 24.3 Å². The fourth-order valence-electron chi connectivity index (χ4n) is 2.55. The Balaban J connectivity index is 1.91. The fourth-order valence-corrected chi connectivity index (χ4v) is 3.58. The molecule has 0 saturated carbocycles. The molecule has 2 aromatic heterocycles. The normalized spacial score (nSPS) is 12.5. The summed E-state index contributed by atoms with van der Waals surface area (Å²) in [6.45, 7) is 1.83.